The molecule has 610 valence electrons. The maximum atomic E-state index is 16.0. The topological polar surface area (TPSA) is 186 Å². The molecule has 7 rings (SSSR count). The number of benzene rings is 7. The zero-order valence-electron chi connectivity index (χ0n) is 69.0. The molecule has 0 spiro atoms. The van der Waals surface area contributed by atoms with E-state index in [1.54, 1.807) is 97.1 Å². The second-order valence-corrected chi connectivity index (χ2v) is 31.5. The van der Waals surface area contributed by atoms with Crippen LogP contribution in [0.4, 0.5) is 0 Å². The maximum absolute atomic E-state index is 16.0. The highest BCUT2D eigenvalue weighted by Gasteiger charge is 2.53. The third-order valence-corrected chi connectivity index (χ3v) is 22.5. The van der Waals surface area contributed by atoms with Crippen molar-refractivity contribution in [3.63, 3.8) is 0 Å². The van der Waals surface area contributed by atoms with Gasteiger partial charge in [-0.3, -0.25) is 19.2 Å². The van der Waals surface area contributed by atoms with Crippen LogP contribution in [0.15, 0.2) is 158 Å². The Morgan fingerprint density at radius 3 is 0.536 bits per heavy atom. The lowest BCUT2D eigenvalue weighted by Gasteiger charge is -2.42. The Hall–Kier alpha value is -8.38. The number of carbonyl (C=O) groups excluding carboxylic acids is 4. The Bertz CT molecular complexity index is 3290. The summed E-state index contributed by atoms with van der Waals surface area (Å²) in [5, 5.41) is 45.7. The lowest BCUT2D eigenvalue weighted by molar-refractivity contribution is -0.138. The zero-order chi connectivity index (χ0) is 79.7. The summed E-state index contributed by atoms with van der Waals surface area (Å²) in [7, 11) is 0. The van der Waals surface area contributed by atoms with Crippen LogP contribution in [-0.4, -0.2) is 44.3 Å². The molecule has 0 radical (unpaired) electrons. The molecule has 12 heteroatoms. The fourth-order valence-electron chi connectivity index (χ4n) is 16.2. The molecule has 0 saturated carbocycles. The van der Waals surface area contributed by atoms with E-state index in [0.717, 1.165) is 128 Å². The molecule has 0 atom stereocenters. The summed E-state index contributed by atoms with van der Waals surface area (Å²) in [5.41, 5.74) is -0.990. The highest BCUT2D eigenvalue weighted by Crippen LogP contribution is 2.64. The molecular formula is C100H138O12. The van der Waals surface area contributed by atoms with Gasteiger partial charge in [0.2, 0.25) is 0 Å². The molecule has 0 fully saturated rings. The van der Waals surface area contributed by atoms with Gasteiger partial charge in [0.1, 0.15) is 23.0 Å². The van der Waals surface area contributed by atoms with E-state index in [2.05, 4.69) is 27.7 Å². The van der Waals surface area contributed by atoms with E-state index >= 15 is 19.2 Å². The van der Waals surface area contributed by atoms with Gasteiger partial charge in [0.15, 0.2) is 23.0 Å². The van der Waals surface area contributed by atoms with Gasteiger partial charge in [0.25, 0.3) is 0 Å². The number of ether oxygens (including phenoxy) is 4. The summed E-state index contributed by atoms with van der Waals surface area (Å²) in [4.78, 5) is 64.2. The van der Waals surface area contributed by atoms with Crippen LogP contribution in [0.3, 0.4) is 0 Å². The Morgan fingerprint density at radius 1 is 0.214 bits per heavy atom. The van der Waals surface area contributed by atoms with Crippen molar-refractivity contribution in [2.75, 3.05) is 0 Å². The lowest BCUT2D eigenvalue weighted by atomic mass is 9.61. The van der Waals surface area contributed by atoms with Crippen molar-refractivity contribution in [1.29, 1.82) is 0 Å². The first-order valence-corrected chi connectivity index (χ1v) is 44.2. The highest BCUT2D eigenvalue weighted by molar-refractivity contribution is 5.89. The molecule has 0 amide bonds. The predicted octanol–water partition coefficient (Wildman–Crippen LogP) is 27.7. The minimum Gasteiger partial charge on any atom is -0.508 e. The Kier molecular flexibility index (Phi) is 42.8. The van der Waals surface area contributed by atoms with Crippen molar-refractivity contribution in [3.8, 4) is 46.0 Å². The summed E-state index contributed by atoms with van der Waals surface area (Å²) < 4.78 is 29.4. The predicted molar refractivity (Wildman–Crippen MR) is 457 cm³/mol. The summed E-state index contributed by atoms with van der Waals surface area (Å²) in [6.07, 6.45) is 45.5. The molecule has 0 aliphatic carbocycles. The number of phenolic OH excluding ortho intramolecular Hbond substituents is 4. The van der Waals surface area contributed by atoms with E-state index in [1.165, 1.54) is 128 Å². The van der Waals surface area contributed by atoms with E-state index in [4.69, 9.17) is 18.9 Å². The summed E-state index contributed by atoms with van der Waals surface area (Å²) in [6, 6.07) is 45.2. The Balaban J connectivity index is 1.60. The SMILES string of the molecule is CCCCCCCCCCCCCC(=O)Oc1c(OC(=O)CCCCCCCCCCCCC)c(C(c2ccccc2)(c2ccc(O)cc2)c2ccc(O)cc2)c(OC(=O)CCCCCCCCCCCCC)c(OC(=O)CCCCCCCCCCCCC)c1C(c1ccccc1)(c1ccc(O)cc1)c1ccc(O)cc1. The summed E-state index contributed by atoms with van der Waals surface area (Å²) in [6.45, 7) is 8.92. The largest absolute Gasteiger partial charge is 0.508 e. The van der Waals surface area contributed by atoms with Crippen LogP contribution in [0.5, 0.6) is 46.0 Å². The number of carbonyl (C=O) groups is 4. The van der Waals surface area contributed by atoms with Gasteiger partial charge in [-0.05, 0) is 108 Å². The molecule has 12 nitrogen and oxygen atoms in total. The van der Waals surface area contributed by atoms with Crippen LogP contribution < -0.4 is 18.9 Å². The molecule has 4 N–H and O–H groups in total. The third-order valence-electron chi connectivity index (χ3n) is 22.5. The number of unbranched alkanes of at least 4 members (excludes halogenated alkanes) is 40. The van der Waals surface area contributed by atoms with Crippen LogP contribution in [0.2, 0.25) is 0 Å². The quantitative estimate of drug-likeness (QED) is 0.0123. The molecule has 0 aliphatic heterocycles. The number of rotatable bonds is 60. The van der Waals surface area contributed by atoms with E-state index in [-0.39, 0.29) is 82.8 Å². The van der Waals surface area contributed by atoms with Gasteiger partial charge in [0, 0.05) is 25.7 Å². The van der Waals surface area contributed by atoms with Gasteiger partial charge in [-0.1, -0.05) is 394 Å². The minimum atomic E-state index is -1.87. The Morgan fingerprint density at radius 2 is 0.366 bits per heavy atom. The standard InChI is InChI=1S/C100H138O12/c1-5-9-13-17-21-25-29-33-37-41-51-59-89(105)109-95-93(99(79-55-47-45-48-56-79,81-63-71-85(101)72-64-81)82-65-73-86(102)74-66-82)97(111-91(107)61-53-43-39-35-31-27-23-19-15-11-7-3)98(112-92(108)62-54-44-40-36-32-28-24-20-16-12-8-4)94(96(95)110-90(106)60-52-42-38-34-30-26-22-18-14-10-6-2)100(80-57-49-46-50-58-80,83-67-75-87(103)76-68-83)84-69-77-88(104)78-70-84/h45-50,55-58,63-78,101-104H,5-44,51-54,59-62H2,1-4H3. The first kappa shape index (κ1) is 90.8. The number of phenols is 4. The molecule has 0 aromatic heterocycles. The van der Waals surface area contributed by atoms with Gasteiger partial charge in [-0.2, -0.15) is 0 Å². The fraction of sp³-hybridized carbons (Fsp3) is 0.540. The molecular weight excluding hydrogens is 1390 g/mol. The molecule has 0 unspecified atom stereocenters. The van der Waals surface area contributed by atoms with E-state index in [0.29, 0.717) is 59.1 Å². The van der Waals surface area contributed by atoms with Crippen LogP contribution in [-0.2, 0) is 30.0 Å². The maximum Gasteiger partial charge on any atom is 0.311 e. The normalized spacial score (nSPS) is 11.6. The summed E-state index contributed by atoms with van der Waals surface area (Å²) in [5.74, 6) is -4.18. The van der Waals surface area contributed by atoms with Crippen molar-refractivity contribution in [2.24, 2.45) is 0 Å². The number of aromatic hydroxyl groups is 4. The van der Waals surface area contributed by atoms with Gasteiger partial charge in [-0.25, -0.2) is 0 Å². The van der Waals surface area contributed by atoms with Gasteiger partial charge in [0.05, 0.1) is 22.0 Å². The van der Waals surface area contributed by atoms with Gasteiger partial charge >= 0.3 is 23.9 Å². The van der Waals surface area contributed by atoms with Crippen LogP contribution in [0.25, 0.3) is 0 Å². The minimum absolute atomic E-state index is 0.0354. The smallest absolute Gasteiger partial charge is 0.311 e. The van der Waals surface area contributed by atoms with Crippen LogP contribution in [0, 0.1) is 0 Å². The van der Waals surface area contributed by atoms with Gasteiger partial charge < -0.3 is 39.4 Å². The molecule has 0 heterocycles. The molecule has 7 aromatic carbocycles. The van der Waals surface area contributed by atoms with Crippen molar-refractivity contribution >= 4 is 23.9 Å². The van der Waals surface area contributed by atoms with Crippen LogP contribution in [0.1, 0.15) is 380 Å². The number of hydrogen-bond donors (Lipinski definition) is 4. The van der Waals surface area contributed by atoms with E-state index in [1.807, 2.05) is 60.7 Å². The van der Waals surface area contributed by atoms with Crippen LogP contribution >= 0.6 is 0 Å². The third kappa shape index (κ3) is 29.2. The monoisotopic (exact) mass is 1530 g/mol. The van der Waals surface area contributed by atoms with E-state index < -0.39 is 34.7 Å². The number of hydrogen-bond acceptors (Lipinski definition) is 12. The van der Waals surface area contributed by atoms with Crippen molar-refractivity contribution in [2.45, 2.75) is 347 Å². The van der Waals surface area contributed by atoms with Crippen molar-refractivity contribution in [3.05, 3.63) is 202 Å². The molecule has 0 bridgehead atoms. The molecule has 7 aromatic rings. The fourth-order valence-corrected chi connectivity index (χ4v) is 16.2. The van der Waals surface area contributed by atoms with Crippen molar-refractivity contribution < 1.29 is 58.6 Å². The first-order valence-electron chi connectivity index (χ1n) is 44.2. The molecule has 112 heavy (non-hydrogen) atoms. The van der Waals surface area contributed by atoms with Crippen molar-refractivity contribution in [1.82, 2.24) is 0 Å². The molecule has 0 saturated heterocycles. The number of esters is 4. The highest BCUT2D eigenvalue weighted by atomic mass is 16.6. The Labute approximate surface area is 673 Å². The average molecular weight is 1530 g/mol. The van der Waals surface area contributed by atoms with Gasteiger partial charge in [-0.15, -0.1) is 0 Å². The summed E-state index contributed by atoms with van der Waals surface area (Å²) >= 11 is 0. The molecule has 0 aliphatic rings. The zero-order valence-corrected chi connectivity index (χ0v) is 69.0. The second kappa shape index (κ2) is 52.8. The first-order chi connectivity index (χ1) is 54.8. The lowest BCUT2D eigenvalue weighted by Crippen LogP contribution is -2.37. The average Bonchev–Trinajstić information content (AvgIpc) is 0.687. The second-order valence-electron chi connectivity index (χ2n) is 31.5. The van der Waals surface area contributed by atoms with E-state index in [9.17, 15) is 20.4 Å².